The van der Waals surface area contributed by atoms with Crippen LogP contribution in [0.15, 0.2) is 320 Å². The van der Waals surface area contributed by atoms with Crippen molar-refractivity contribution < 1.29 is 66.5 Å². The molecule has 0 aliphatic heterocycles. The highest BCUT2D eigenvalue weighted by molar-refractivity contribution is 7.91. The first-order valence-corrected chi connectivity index (χ1v) is 52.1. The Labute approximate surface area is 841 Å². The van der Waals surface area contributed by atoms with E-state index < -0.39 is 29.5 Å². The highest BCUT2D eigenvalue weighted by atomic mass is 32.2. The first kappa shape index (κ1) is 103. The van der Waals surface area contributed by atoms with E-state index in [4.69, 9.17) is 23.7 Å². The lowest BCUT2D eigenvalue weighted by Gasteiger charge is -2.12. The Morgan fingerprint density at radius 2 is 0.651 bits per heavy atom. The molecule has 0 spiro atoms. The average Bonchev–Trinajstić information content (AvgIpc) is 1.61. The minimum absolute atomic E-state index is 0.0145. The molecule has 746 valence electrons. The van der Waals surface area contributed by atoms with Gasteiger partial charge < -0.3 is 28.6 Å². The smallest absolute Gasteiger partial charge is 0.192 e. The largest absolute Gasteiger partial charge is 0.497 e. The van der Waals surface area contributed by atoms with Crippen molar-refractivity contribution in [2.24, 2.45) is 0 Å². The molecule has 0 unspecified atom stereocenters. The Kier molecular flexibility index (Phi) is 32.6. The van der Waals surface area contributed by atoms with Crippen LogP contribution in [0.1, 0.15) is 61.9 Å². The summed E-state index contributed by atoms with van der Waals surface area (Å²) in [5.74, 6) is 1.94. The van der Waals surface area contributed by atoms with Gasteiger partial charge in [-0.25, -0.2) is 47.8 Å². The maximum absolute atomic E-state index is 14.1. The number of rotatable bonds is 31. The molecule has 20 rings (SSSR count). The summed E-state index contributed by atoms with van der Waals surface area (Å²) in [5.41, 5.74) is 22.8. The molecular weight excluding hydrogens is 1920 g/mol. The third-order valence-electron chi connectivity index (χ3n) is 24.9. The molecule has 8 aromatic carbocycles. The van der Waals surface area contributed by atoms with Gasteiger partial charge in [-0.1, -0.05) is 84.9 Å². The predicted octanol–water partition coefficient (Wildman–Crippen LogP) is 18.6. The van der Waals surface area contributed by atoms with E-state index in [0.717, 1.165) is 133 Å². The monoisotopic (exact) mass is 2020 g/mol. The number of nitrogens with zero attached hydrogens (tertiary/aromatic N) is 18. The van der Waals surface area contributed by atoms with Crippen LogP contribution >= 0.6 is 0 Å². The molecule has 12 heterocycles. The third kappa shape index (κ3) is 24.6. The number of para-hydroxylation sites is 2. The Morgan fingerprint density at radius 1 is 0.301 bits per heavy atom. The van der Waals surface area contributed by atoms with E-state index in [1.54, 1.807) is 163 Å². The minimum Gasteiger partial charge on any atom is -0.497 e. The first-order valence-electron chi connectivity index (χ1n) is 46.4. The van der Waals surface area contributed by atoms with Gasteiger partial charge >= 0.3 is 0 Å². The molecule has 0 aliphatic carbocycles. The molecule has 0 aliphatic rings. The fraction of sp³-hybridized carbons (Fsp3) is 0.200. The van der Waals surface area contributed by atoms with Crippen molar-refractivity contribution in [2.75, 3.05) is 75.0 Å². The summed E-state index contributed by atoms with van der Waals surface area (Å²) in [6.07, 6.45) is 24.3. The number of aromatic nitrogens is 17. The third-order valence-corrected chi connectivity index (χ3v) is 28.1. The fourth-order valence-corrected chi connectivity index (χ4v) is 18.8. The summed E-state index contributed by atoms with van der Waals surface area (Å²) in [7, 11) is 2.20. The van der Waals surface area contributed by atoms with Crippen molar-refractivity contribution in [3.63, 3.8) is 0 Å². The van der Waals surface area contributed by atoms with Gasteiger partial charge in [0.25, 0.3) is 0 Å². The molecule has 0 atom stereocenters. The lowest BCUT2D eigenvalue weighted by atomic mass is 10.0. The van der Waals surface area contributed by atoms with E-state index in [1.165, 1.54) is 73.0 Å². The molecule has 20 aromatic rings. The molecule has 29 nitrogen and oxygen atoms in total. The number of methoxy groups -OCH3 is 5. The van der Waals surface area contributed by atoms with Crippen LogP contribution in [0, 0.1) is 23.3 Å². The molecule has 0 N–H and O–H groups in total. The van der Waals surface area contributed by atoms with Crippen LogP contribution in [0.5, 0.6) is 28.7 Å². The van der Waals surface area contributed by atoms with E-state index >= 15 is 0 Å². The number of halogens is 4. The number of likely N-dealkylation sites (N-methyl/N-ethyl adjacent to an activating group) is 1. The minimum atomic E-state index is -3.37. The molecule has 0 fully saturated rings. The molecule has 36 heteroatoms. The molecular formula is C110H104F4N18O11S3. The Hall–Kier alpha value is -16.3. The Balaban J connectivity index is 0.000000131. The van der Waals surface area contributed by atoms with Gasteiger partial charge in [-0.15, -0.1) is 51.0 Å². The second kappa shape index (κ2) is 46.4. The maximum atomic E-state index is 14.1. The highest BCUT2D eigenvalue weighted by Crippen LogP contribution is 2.35. The number of hydrogen-bond acceptors (Lipinski definition) is 24. The summed E-state index contributed by atoms with van der Waals surface area (Å²) in [5, 5.41) is 41.6. The van der Waals surface area contributed by atoms with E-state index in [-0.39, 0.29) is 43.8 Å². The molecule has 12 aromatic heterocycles. The van der Waals surface area contributed by atoms with Crippen molar-refractivity contribution in [3.8, 4) is 84.4 Å². The molecule has 0 amide bonds. The normalized spacial score (nSPS) is 11.5. The molecule has 0 saturated heterocycles. The van der Waals surface area contributed by atoms with Crippen LogP contribution in [0.2, 0.25) is 0 Å². The molecule has 0 bridgehead atoms. The van der Waals surface area contributed by atoms with Crippen molar-refractivity contribution in [1.29, 1.82) is 0 Å². The van der Waals surface area contributed by atoms with Crippen LogP contribution in [-0.4, -0.2) is 188 Å². The van der Waals surface area contributed by atoms with E-state index in [9.17, 15) is 42.8 Å². The van der Waals surface area contributed by atoms with Gasteiger partial charge in [-0.3, -0.25) is 27.0 Å². The lowest BCUT2D eigenvalue weighted by molar-refractivity contribution is 0.381. The van der Waals surface area contributed by atoms with Crippen LogP contribution in [0.25, 0.3) is 83.9 Å². The van der Waals surface area contributed by atoms with Gasteiger partial charge in [-0.05, 0) is 305 Å². The van der Waals surface area contributed by atoms with Crippen LogP contribution in [-0.2, 0) is 100 Å². The summed E-state index contributed by atoms with van der Waals surface area (Å²) in [4.78, 5) is 10.9. The van der Waals surface area contributed by atoms with Crippen molar-refractivity contribution in [3.05, 3.63) is 390 Å². The van der Waals surface area contributed by atoms with Gasteiger partial charge in [0.1, 0.15) is 72.1 Å². The Bertz CT molecular complexity index is 8160. The van der Waals surface area contributed by atoms with Crippen molar-refractivity contribution in [2.45, 2.75) is 85.4 Å². The summed E-state index contributed by atoms with van der Waals surface area (Å²) in [6.45, 7) is 1.05. The van der Waals surface area contributed by atoms with E-state index in [2.05, 4.69) is 133 Å². The zero-order chi connectivity index (χ0) is 103. The maximum Gasteiger partial charge on any atom is 0.192 e. The van der Waals surface area contributed by atoms with E-state index in [0.29, 0.717) is 102 Å². The topological polar surface area (TPSA) is 329 Å². The molecule has 146 heavy (non-hydrogen) atoms. The van der Waals surface area contributed by atoms with Gasteiger partial charge in [0.2, 0.25) is 0 Å². The number of benzene rings is 8. The zero-order valence-electron chi connectivity index (χ0n) is 81.6. The number of sulfone groups is 3. The highest BCUT2D eigenvalue weighted by Gasteiger charge is 2.22. The van der Waals surface area contributed by atoms with E-state index in [1.807, 2.05) is 103 Å². The quantitative estimate of drug-likeness (QED) is 0.0364. The number of fused-ring (bicyclic) bond motifs is 5. The fourth-order valence-electron chi connectivity index (χ4n) is 17.0. The standard InChI is InChI=1S/C25H28N4O.2C22H20FN3O3S.C21H19FN4O3S.C20H17FN4O/c1-28(2)17-16-19-8-10-20(11-9-19)23-15-14-22(29-18-26-27-25(23)29)13-12-21-6-4-5-7-24(21)30-3;1-29-18-8-12-21(23)16(13-18)3-6-17-7-11-20(22-25-24-14-26(17)22)15-4-9-19(10-5-15)30(2,27)28;1-29-21-16(4-3-5-20(21)23)6-9-17-10-13-19(22-25-24-14-26(17)22)15-7-11-18(12-8-15)30(2,27)28;1-29-17-7-9-19(22)14(11-17)3-5-16-6-8-18(21-25-24-13-26(16)21)15-4-10-20(23-12-15)30(2,27)28;1-26-17-7-9-19(21)14(11-17)4-5-16-6-8-18(15-3-2-10-22-12-15)20-24-23-13-25(16)20/h4-11,14-15,18H,12-13,16-17H2,1-3H3;4-5,7-14H,3,6H2,1-2H3;3-5,7-8,10-14H,6,9H2,1-2H3;4,6-13H,3,5H2,1-2H3;2-3,6-13H,4-5H2,1H3. The van der Waals surface area contributed by atoms with Crippen molar-refractivity contribution >= 4 is 57.7 Å². The SMILES string of the molecule is COc1c(F)cccc1CCc1ccc(-c2ccc(S(C)(=O)=O)cc2)c2nncn12.COc1ccc(F)c(CCc2ccc(-c3ccc(S(C)(=O)=O)cc3)c3nncn23)c1.COc1ccc(F)c(CCc2ccc(-c3ccc(S(C)(=O)=O)nc3)c3nncn23)c1.COc1ccc(F)c(CCc2ccc(-c3cccnc3)c3nncn23)c1.COc1ccccc1CCc1ccc(-c2ccc(CCN(C)C)cc2)c2nncn12. The van der Waals surface area contributed by atoms with Crippen molar-refractivity contribution in [1.82, 2.24) is 87.9 Å². The number of ether oxygens (including phenoxy) is 5. The second-order valence-electron chi connectivity index (χ2n) is 34.7. The summed E-state index contributed by atoms with van der Waals surface area (Å²) >= 11 is 0. The van der Waals surface area contributed by atoms with Crippen LogP contribution in [0.4, 0.5) is 17.6 Å². The zero-order valence-corrected chi connectivity index (χ0v) is 84.1. The number of hydrogen-bond donors (Lipinski definition) is 0. The number of pyridine rings is 7. The molecule has 0 radical (unpaired) electrons. The van der Waals surface area contributed by atoms with Crippen LogP contribution < -0.4 is 23.7 Å². The second-order valence-corrected chi connectivity index (χ2v) is 40.7. The summed E-state index contributed by atoms with van der Waals surface area (Å²) in [6, 6.07) is 76.5. The number of aryl methyl sites for hydroxylation is 10. The van der Waals surface area contributed by atoms with Crippen LogP contribution in [0.3, 0.4) is 0 Å². The van der Waals surface area contributed by atoms with Gasteiger partial charge in [-0.2, -0.15) is 0 Å². The van der Waals surface area contributed by atoms with Gasteiger partial charge in [0, 0.05) is 111 Å². The van der Waals surface area contributed by atoms with Gasteiger partial charge in [0.15, 0.2) is 74.3 Å². The predicted molar refractivity (Wildman–Crippen MR) is 551 cm³/mol. The van der Waals surface area contributed by atoms with Gasteiger partial charge in [0.05, 0.1) is 45.3 Å². The molecule has 0 saturated carbocycles. The first-order chi connectivity index (χ1) is 70.5. The summed E-state index contributed by atoms with van der Waals surface area (Å²) < 4.78 is 162. The average molecular weight is 2030 g/mol. The lowest BCUT2D eigenvalue weighted by Crippen LogP contribution is -2.14. The Morgan fingerprint density at radius 3 is 0.986 bits per heavy atom.